The third kappa shape index (κ3) is 4.78. The van der Waals surface area contributed by atoms with Crippen LogP contribution in [0.25, 0.3) is 0 Å². The summed E-state index contributed by atoms with van der Waals surface area (Å²) in [5.74, 6) is 0. The summed E-state index contributed by atoms with van der Waals surface area (Å²) in [5, 5.41) is 18.1. The van der Waals surface area contributed by atoms with Crippen molar-refractivity contribution < 1.29 is 10.2 Å². The van der Waals surface area contributed by atoms with Gasteiger partial charge >= 0.3 is 0 Å². The molecule has 6 N–H and O–H groups in total. The van der Waals surface area contributed by atoms with Gasteiger partial charge in [-0.15, -0.1) is 0 Å². The summed E-state index contributed by atoms with van der Waals surface area (Å²) in [4.78, 5) is 0. The van der Waals surface area contributed by atoms with E-state index in [1.54, 1.807) is 0 Å². The number of hydrogen-bond acceptors (Lipinski definition) is 4. The van der Waals surface area contributed by atoms with Crippen LogP contribution in [-0.2, 0) is 0 Å². The number of rotatable bonds is 0. The van der Waals surface area contributed by atoms with Gasteiger partial charge in [0, 0.05) is 12.1 Å². The lowest BCUT2D eigenvalue weighted by atomic mass is 9.94. The van der Waals surface area contributed by atoms with Crippen molar-refractivity contribution in [1.82, 2.24) is 0 Å². The first kappa shape index (κ1) is 13.9. The van der Waals surface area contributed by atoms with Crippen molar-refractivity contribution in [3.63, 3.8) is 0 Å². The highest BCUT2D eigenvalue weighted by Gasteiger charge is 2.18. The molecule has 0 aromatic carbocycles. The molecule has 0 saturated heterocycles. The largest absolute Gasteiger partial charge is 0.392 e. The van der Waals surface area contributed by atoms with E-state index >= 15 is 0 Å². The van der Waals surface area contributed by atoms with Crippen molar-refractivity contribution in [2.24, 2.45) is 11.5 Å². The molecule has 4 nitrogen and oxygen atoms in total. The van der Waals surface area contributed by atoms with Crippen molar-refractivity contribution >= 4 is 0 Å². The minimum atomic E-state index is -0.219. The fraction of sp³-hybridized carbons (Fsp3) is 1.00. The predicted octanol–water partition coefficient (Wildman–Crippen LogP) is 0.497. The average molecular weight is 230 g/mol. The Balaban J connectivity index is 0.000000160. The first-order valence-electron chi connectivity index (χ1n) is 6.48. The zero-order chi connectivity index (χ0) is 12.0. The molecule has 0 aliphatic heterocycles. The molecule has 4 atom stereocenters. The molecule has 0 spiro atoms. The van der Waals surface area contributed by atoms with Gasteiger partial charge in [-0.05, 0) is 25.7 Å². The van der Waals surface area contributed by atoms with E-state index in [-0.39, 0.29) is 24.3 Å². The van der Waals surface area contributed by atoms with Gasteiger partial charge in [-0.2, -0.15) is 0 Å². The highest BCUT2D eigenvalue weighted by Crippen LogP contribution is 2.16. The Morgan fingerprint density at radius 1 is 0.625 bits per heavy atom. The maximum Gasteiger partial charge on any atom is 0.0691 e. The smallest absolute Gasteiger partial charge is 0.0691 e. The van der Waals surface area contributed by atoms with Crippen LogP contribution in [0.3, 0.4) is 0 Å². The van der Waals surface area contributed by atoms with E-state index in [1.807, 2.05) is 0 Å². The van der Waals surface area contributed by atoms with Crippen LogP contribution in [0.4, 0.5) is 0 Å². The summed E-state index contributed by atoms with van der Waals surface area (Å²) in [5.41, 5.74) is 11.1. The second-order valence-electron chi connectivity index (χ2n) is 5.03. The number of aliphatic hydroxyl groups is 2. The maximum atomic E-state index is 9.05. The second kappa shape index (κ2) is 7.22. The molecule has 2 saturated carbocycles. The van der Waals surface area contributed by atoms with Gasteiger partial charge in [-0.1, -0.05) is 25.7 Å². The Morgan fingerprint density at radius 2 is 0.938 bits per heavy atom. The molecule has 0 bridgehead atoms. The number of hydrogen-bond donors (Lipinski definition) is 4. The zero-order valence-electron chi connectivity index (χ0n) is 10.0. The van der Waals surface area contributed by atoms with Crippen molar-refractivity contribution in [1.29, 1.82) is 0 Å². The molecule has 0 aromatic rings. The topological polar surface area (TPSA) is 92.5 Å². The maximum absolute atomic E-state index is 9.05. The summed E-state index contributed by atoms with van der Waals surface area (Å²) in [6.45, 7) is 0. The SMILES string of the molecule is N[C@H]1CCCC[C@@H]1O.N[C@H]1CCCC[C@@H]1O. The Hall–Kier alpha value is -0.160. The van der Waals surface area contributed by atoms with Gasteiger partial charge in [0.1, 0.15) is 0 Å². The van der Waals surface area contributed by atoms with Crippen molar-refractivity contribution in [3.8, 4) is 0 Å². The van der Waals surface area contributed by atoms with E-state index in [0.717, 1.165) is 38.5 Å². The molecule has 0 aromatic heterocycles. The molecular formula is C12H26N2O2. The van der Waals surface area contributed by atoms with Gasteiger partial charge in [0.15, 0.2) is 0 Å². The summed E-state index contributed by atoms with van der Waals surface area (Å²) in [6, 6.07) is 0.118. The summed E-state index contributed by atoms with van der Waals surface area (Å²) < 4.78 is 0. The van der Waals surface area contributed by atoms with E-state index < -0.39 is 0 Å². The molecule has 96 valence electrons. The Morgan fingerprint density at radius 3 is 1.12 bits per heavy atom. The summed E-state index contributed by atoms with van der Waals surface area (Å²) in [7, 11) is 0. The summed E-state index contributed by atoms with van der Waals surface area (Å²) in [6.07, 6.45) is 8.05. The van der Waals surface area contributed by atoms with Gasteiger partial charge in [0.25, 0.3) is 0 Å². The van der Waals surface area contributed by atoms with E-state index in [2.05, 4.69) is 0 Å². The van der Waals surface area contributed by atoms with E-state index in [4.69, 9.17) is 21.7 Å². The highest BCUT2D eigenvalue weighted by atomic mass is 16.3. The number of aliphatic hydroxyl groups excluding tert-OH is 2. The van der Waals surface area contributed by atoms with Gasteiger partial charge in [-0.3, -0.25) is 0 Å². The minimum absolute atomic E-state index is 0.0590. The standard InChI is InChI=1S/2C6H13NO/c2*7-5-3-1-2-4-6(5)8/h2*5-6,8H,1-4,7H2/t2*5-,6-/m00/s1. The molecular weight excluding hydrogens is 204 g/mol. The predicted molar refractivity (Wildman–Crippen MR) is 64.9 cm³/mol. The highest BCUT2D eigenvalue weighted by molar-refractivity contribution is 4.76. The number of nitrogens with two attached hydrogens (primary N) is 2. The lowest BCUT2D eigenvalue weighted by Gasteiger charge is -2.23. The van der Waals surface area contributed by atoms with Crippen LogP contribution in [0.2, 0.25) is 0 Å². The van der Waals surface area contributed by atoms with E-state index in [9.17, 15) is 0 Å². The van der Waals surface area contributed by atoms with Gasteiger partial charge < -0.3 is 21.7 Å². The van der Waals surface area contributed by atoms with Crippen LogP contribution >= 0.6 is 0 Å². The lowest BCUT2D eigenvalue weighted by Crippen LogP contribution is -2.37. The van der Waals surface area contributed by atoms with Gasteiger partial charge in [0.05, 0.1) is 12.2 Å². The lowest BCUT2D eigenvalue weighted by molar-refractivity contribution is 0.108. The van der Waals surface area contributed by atoms with Crippen LogP contribution in [0.15, 0.2) is 0 Å². The third-order valence-corrected chi connectivity index (χ3v) is 3.56. The zero-order valence-corrected chi connectivity index (χ0v) is 10.0. The third-order valence-electron chi connectivity index (χ3n) is 3.56. The Labute approximate surface area is 98.0 Å². The van der Waals surface area contributed by atoms with Crippen LogP contribution in [-0.4, -0.2) is 34.5 Å². The quantitative estimate of drug-likeness (QED) is 0.487. The van der Waals surface area contributed by atoms with Crippen LogP contribution in [0.5, 0.6) is 0 Å². The molecule has 0 unspecified atom stereocenters. The van der Waals surface area contributed by atoms with Gasteiger partial charge in [-0.25, -0.2) is 0 Å². The molecule has 2 aliphatic carbocycles. The molecule has 4 heteroatoms. The molecule has 0 radical (unpaired) electrons. The molecule has 0 heterocycles. The second-order valence-corrected chi connectivity index (χ2v) is 5.03. The normalized spacial score (nSPS) is 39.8. The van der Waals surface area contributed by atoms with Crippen LogP contribution in [0, 0.1) is 0 Å². The average Bonchev–Trinajstić information content (AvgIpc) is 2.28. The van der Waals surface area contributed by atoms with Gasteiger partial charge in [0.2, 0.25) is 0 Å². The first-order valence-corrected chi connectivity index (χ1v) is 6.48. The minimum Gasteiger partial charge on any atom is -0.392 e. The molecule has 2 rings (SSSR count). The first-order chi connectivity index (χ1) is 7.61. The van der Waals surface area contributed by atoms with Crippen molar-refractivity contribution in [3.05, 3.63) is 0 Å². The summed E-state index contributed by atoms with van der Waals surface area (Å²) >= 11 is 0. The van der Waals surface area contributed by atoms with E-state index in [0.29, 0.717) is 0 Å². The molecule has 2 aliphatic rings. The molecule has 0 amide bonds. The monoisotopic (exact) mass is 230 g/mol. The van der Waals surface area contributed by atoms with Crippen molar-refractivity contribution in [2.75, 3.05) is 0 Å². The van der Waals surface area contributed by atoms with E-state index in [1.165, 1.54) is 12.8 Å². The molecule has 16 heavy (non-hydrogen) atoms. The van der Waals surface area contributed by atoms with Crippen LogP contribution < -0.4 is 11.5 Å². The van der Waals surface area contributed by atoms with Crippen molar-refractivity contribution in [2.45, 2.75) is 75.7 Å². The fourth-order valence-electron chi connectivity index (χ4n) is 2.28. The molecule has 2 fully saturated rings. The van der Waals surface area contributed by atoms with Crippen LogP contribution in [0.1, 0.15) is 51.4 Å². The fourth-order valence-corrected chi connectivity index (χ4v) is 2.28. The Bertz CT molecular complexity index is 150. The Kier molecular flexibility index (Phi) is 6.28.